The molecule has 0 unspecified atom stereocenters. The van der Waals surface area contributed by atoms with Gasteiger partial charge in [-0.3, -0.25) is 4.79 Å². The van der Waals surface area contributed by atoms with E-state index in [1.165, 1.54) is 22.3 Å². The van der Waals surface area contributed by atoms with Crippen molar-refractivity contribution in [2.24, 2.45) is 0 Å². The van der Waals surface area contributed by atoms with Crippen LogP contribution in [0.5, 0.6) is 0 Å². The molecule has 3 aromatic rings. The Kier molecular flexibility index (Phi) is 7.60. The van der Waals surface area contributed by atoms with E-state index in [9.17, 15) is 18.4 Å². The minimum atomic E-state index is -1.05. The van der Waals surface area contributed by atoms with Crippen LogP contribution in [0.15, 0.2) is 48.5 Å². The average Bonchev–Trinajstić information content (AvgIpc) is 3.22. The van der Waals surface area contributed by atoms with Gasteiger partial charge in [0.05, 0.1) is 0 Å². The summed E-state index contributed by atoms with van der Waals surface area (Å²) in [4.78, 5) is 26.2. The number of rotatable bonds is 8. The maximum Gasteiger partial charge on any atom is 0.321 e. The van der Waals surface area contributed by atoms with Crippen molar-refractivity contribution in [1.29, 1.82) is 0 Å². The van der Waals surface area contributed by atoms with Crippen molar-refractivity contribution in [3.05, 3.63) is 60.2 Å². The van der Waals surface area contributed by atoms with Gasteiger partial charge in [0.15, 0.2) is 11.6 Å². The number of carbonyl (C=O) groups excluding carboxylic acids is 2. The van der Waals surface area contributed by atoms with Crippen LogP contribution in [0.1, 0.15) is 19.8 Å². The lowest BCUT2D eigenvalue weighted by Crippen LogP contribution is -2.37. The van der Waals surface area contributed by atoms with Crippen LogP contribution < -0.4 is 10.6 Å². The smallest absolute Gasteiger partial charge is 0.321 e. The second kappa shape index (κ2) is 10.6. The second-order valence-electron chi connectivity index (χ2n) is 6.62. The Morgan fingerprint density at radius 2 is 1.77 bits per heavy atom. The number of halogens is 2. The van der Waals surface area contributed by atoms with E-state index in [1.807, 2.05) is 37.3 Å². The molecule has 2 N–H and O–H groups in total. The van der Waals surface area contributed by atoms with Gasteiger partial charge in [0.1, 0.15) is 5.01 Å². The SMILES string of the molecule is CCCN(CCC(=O)Nc1nnc(-c2ccccc2)s1)C(=O)Nc1ccc(F)c(F)c1. The number of hydrogen-bond acceptors (Lipinski definition) is 5. The normalized spacial score (nSPS) is 10.5. The van der Waals surface area contributed by atoms with Crippen molar-refractivity contribution in [3.63, 3.8) is 0 Å². The van der Waals surface area contributed by atoms with Crippen LogP contribution in [0.25, 0.3) is 10.6 Å². The van der Waals surface area contributed by atoms with E-state index in [-0.39, 0.29) is 24.6 Å². The summed E-state index contributed by atoms with van der Waals surface area (Å²) in [6.45, 7) is 2.45. The third-order valence-corrected chi connectivity index (χ3v) is 5.14. The standard InChI is InChI=1S/C21H21F2N5O2S/c1-2-11-28(21(30)24-15-8-9-16(22)17(23)13-15)12-10-18(29)25-20-27-26-19(31-20)14-6-4-3-5-7-14/h3-9,13H,2,10-12H2,1H3,(H,24,30)(H,25,27,29). The Hall–Kier alpha value is -3.40. The van der Waals surface area contributed by atoms with E-state index in [1.54, 1.807) is 0 Å². The number of carbonyl (C=O) groups is 2. The van der Waals surface area contributed by atoms with Gasteiger partial charge in [0, 0.05) is 36.8 Å². The van der Waals surface area contributed by atoms with Crippen LogP contribution in [-0.2, 0) is 4.79 Å². The summed E-state index contributed by atoms with van der Waals surface area (Å²) >= 11 is 1.26. The Balaban J connectivity index is 1.54. The third kappa shape index (κ3) is 6.29. The van der Waals surface area contributed by atoms with Crippen LogP contribution in [0, 0.1) is 11.6 Å². The molecule has 0 aliphatic carbocycles. The predicted octanol–water partition coefficient (Wildman–Crippen LogP) is 4.76. The van der Waals surface area contributed by atoms with E-state index in [0.717, 1.165) is 17.7 Å². The fraction of sp³-hybridized carbons (Fsp3) is 0.238. The first-order valence-electron chi connectivity index (χ1n) is 9.66. The van der Waals surface area contributed by atoms with Crippen molar-refractivity contribution in [2.75, 3.05) is 23.7 Å². The Labute approximate surface area is 182 Å². The monoisotopic (exact) mass is 445 g/mol. The number of urea groups is 1. The number of benzene rings is 2. The lowest BCUT2D eigenvalue weighted by Gasteiger charge is -2.22. The topological polar surface area (TPSA) is 87.2 Å². The molecule has 0 aliphatic heterocycles. The Morgan fingerprint density at radius 3 is 2.48 bits per heavy atom. The van der Waals surface area contributed by atoms with E-state index in [0.29, 0.717) is 23.1 Å². The van der Waals surface area contributed by atoms with Gasteiger partial charge in [0.25, 0.3) is 0 Å². The van der Waals surface area contributed by atoms with Crippen LogP contribution in [0.2, 0.25) is 0 Å². The van der Waals surface area contributed by atoms with E-state index >= 15 is 0 Å². The summed E-state index contributed by atoms with van der Waals surface area (Å²) in [6, 6.07) is 12.1. The molecule has 162 valence electrons. The zero-order valence-corrected chi connectivity index (χ0v) is 17.6. The average molecular weight is 445 g/mol. The molecule has 1 heterocycles. The van der Waals surface area contributed by atoms with Crippen molar-refractivity contribution < 1.29 is 18.4 Å². The first-order valence-corrected chi connectivity index (χ1v) is 10.5. The van der Waals surface area contributed by atoms with Gasteiger partial charge in [-0.2, -0.15) is 0 Å². The zero-order chi connectivity index (χ0) is 22.2. The summed E-state index contributed by atoms with van der Waals surface area (Å²) in [6.07, 6.45) is 0.717. The first kappa shape index (κ1) is 22.3. The highest BCUT2D eigenvalue weighted by molar-refractivity contribution is 7.18. The van der Waals surface area contributed by atoms with Crippen LogP contribution >= 0.6 is 11.3 Å². The summed E-state index contributed by atoms with van der Waals surface area (Å²) in [5.74, 6) is -2.35. The minimum absolute atomic E-state index is 0.0471. The molecule has 0 atom stereocenters. The van der Waals surface area contributed by atoms with Gasteiger partial charge in [-0.15, -0.1) is 10.2 Å². The first-order chi connectivity index (χ1) is 15.0. The fourth-order valence-corrected chi connectivity index (χ4v) is 3.52. The summed E-state index contributed by atoms with van der Waals surface area (Å²) < 4.78 is 26.4. The van der Waals surface area contributed by atoms with Gasteiger partial charge in [-0.05, 0) is 18.6 Å². The maximum absolute atomic E-state index is 13.3. The Bertz CT molecular complexity index is 1050. The van der Waals surface area contributed by atoms with Gasteiger partial charge in [-0.25, -0.2) is 13.6 Å². The Morgan fingerprint density at radius 1 is 1.00 bits per heavy atom. The molecule has 0 spiro atoms. The van der Waals surface area contributed by atoms with Gasteiger partial charge >= 0.3 is 6.03 Å². The number of aromatic nitrogens is 2. The highest BCUT2D eigenvalue weighted by Crippen LogP contribution is 2.25. The van der Waals surface area contributed by atoms with E-state index in [4.69, 9.17) is 0 Å². The third-order valence-electron chi connectivity index (χ3n) is 4.25. The van der Waals surface area contributed by atoms with Crippen molar-refractivity contribution in [1.82, 2.24) is 15.1 Å². The van der Waals surface area contributed by atoms with Crippen molar-refractivity contribution in [2.45, 2.75) is 19.8 Å². The molecule has 7 nitrogen and oxygen atoms in total. The molecule has 1 aromatic heterocycles. The highest BCUT2D eigenvalue weighted by Gasteiger charge is 2.16. The largest absolute Gasteiger partial charge is 0.324 e. The quantitative estimate of drug-likeness (QED) is 0.524. The lowest BCUT2D eigenvalue weighted by molar-refractivity contribution is -0.116. The number of hydrogen-bond donors (Lipinski definition) is 2. The fourth-order valence-electron chi connectivity index (χ4n) is 2.75. The summed E-state index contributed by atoms with van der Waals surface area (Å²) in [7, 11) is 0. The second-order valence-corrected chi connectivity index (χ2v) is 7.60. The molecule has 0 aliphatic rings. The van der Waals surface area contributed by atoms with Crippen molar-refractivity contribution in [3.8, 4) is 10.6 Å². The molecular formula is C21H21F2N5O2S. The minimum Gasteiger partial charge on any atom is -0.324 e. The van der Waals surface area contributed by atoms with Gasteiger partial charge < -0.3 is 15.5 Å². The summed E-state index contributed by atoms with van der Waals surface area (Å²) in [5, 5.41) is 14.3. The number of nitrogens with zero attached hydrogens (tertiary/aromatic N) is 3. The molecule has 10 heteroatoms. The summed E-state index contributed by atoms with van der Waals surface area (Å²) in [5.41, 5.74) is 1.04. The molecule has 0 saturated carbocycles. The molecule has 3 rings (SSSR count). The lowest BCUT2D eigenvalue weighted by atomic mass is 10.2. The number of amides is 3. The van der Waals surface area contributed by atoms with E-state index < -0.39 is 17.7 Å². The van der Waals surface area contributed by atoms with Crippen molar-refractivity contribution >= 4 is 34.1 Å². The molecule has 0 radical (unpaired) electrons. The molecule has 3 amide bonds. The number of nitrogens with one attached hydrogen (secondary N) is 2. The molecule has 31 heavy (non-hydrogen) atoms. The molecule has 0 fully saturated rings. The molecule has 0 saturated heterocycles. The number of anilines is 2. The maximum atomic E-state index is 13.3. The molecule has 0 bridgehead atoms. The zero-order valence-electron chi connectivity index (χ0n) is 16.8. The van der Waals surface area contributed by atoms with Crippen LogP contribution in [0.4, 0.5) is 24.4 Å². The van der Waals surface area contributed by atoms with Crippen LogP contribution in [0.3, 0.4) is 0 Å². The van der Waals surface area contributed by atoms with Crippen LogP contribution in [-0.4, -0.2) is 40.1 Å². The predicted molar refractivity (Wildman–Crippen MR) is 116 cm³/mol. The van der Waals surface area contributed by atoms with Gasteiger partial charge in [0.2, 0.25) is 11.0 Å². The van der Waals surface area contributed by atoms with E-state index in [2.05, 4.69) is 20.8 Å². The molecule has 2 aromatic carbocycles. The highest BCUT2D eigenvalue weighted by atomic mass is 32.1. The molecular weight excluding hydrogens is 424 g/mol. The van der Waals surface area contributed by atoms with Gasteiger partial charge in [-0.1, -0.05) is 48.6 Å².